The van der Waals surface area contributed by atoms with Gasteiger partial charge in [0, 0.05) is 23.0 Å². The van der Waals surface area contributed by atoms with Crippen LogP contribution >= 0.6 is 11.6 Å². The summed E-state index contributed by atoms with van der Waals surface area (Å²) in [5.74, 6) is 0.715. The molecule has 0 spiro atoms. The summed E-state index contributed by atoms with van der Waals surface area (Å²) in [4.78, 5) is 12.5. The number of carbonyl (C=O) groups excluding carboxylic acids is 1. The quantitative estimate of drug-likeness (QED) is 0.916. The molecule has 1 aromatic carbocycles. The maximum absolute atomic E-state index is 12.5. The number of Topliss-reactive ketones (excluding diaryl/α,β-unsaturated/α-hetero) is 1. The van der Waals surface area contributed by atoms with Crippen molar-refractivity contribution in [2.75, 3.05) is 20.3 Å². The Bertz CT molecular complexity index is 492. The number of methoxy groups -OCH3 is 1. The first kappa shape index (κ1) is 14.3. The first-order valence-electron chi connectivity index (χ1n) is 6.16. The van der Waals surface area contributed by atoms with Crippen LogP contribution in [-0.2, 0) is 16.0 Å². The Morgan fingerprint density at radius 3 is 2.95 bits per heavy atom. The highest BCUT2D eigenvalue weighted by atomic mass is 35.5. The number of benzene rings is 1. The van der Waals surface area contributed by atoms with Crippen LogP contribution in [0.5, 0.6) is 5.75 Å². The molecule has 5 heteroatoms. The van der Waals surface area contributed by atoms with E-state index in [4.69, 9.17) is 26.8 Å². The van der Waals surface area contributed by atoms with E-state index in [1.807, 2.05) is 6.92 Å². The number of rotatable bonds is 4. The van der Waals surface area contributed by atoms with Crippen LogP contribution in [0.4, 0.5) is 0 Å². The molecule has 1 aromatic rings. The van der Waals surface area contributed by atoms with Gasteiger partial charge in [-0.15, -0.1) is 0 Å². The zero-order valence-corrected chi connectivity index (χ0v) is 11.9. The van der Waals surface area contributed by atoms with E-state index in [1.54, 1.807) is 25.3 Å². The molecule has 0 aromatic heterocycles. The van der Waals surface area contributed by atoms with Gasteiger partial charge >= 0.3 is 0 Å². The second-order valence-electron chi connectivity index (χ2n) is 5.10. The zero-order valence-electron chi connectivity index (χ0n) is 11.1. The molecule has 104 valence electrons. The van der Waals surface area contributed by atoms with Gasteiger partial charge in [0.05, 0.1) is 25.7 Å². The van der Waals surface area contributed by atoms with Crippen molar-refractivity contribution in [3.63, 3.8) is 0 Å². The lowest BCUT2D eigenvalue weighted by Crippen LogP contribution is -2.45. The van der Waals surface area contributed by atoms with Crippen LogP contribution in [0.25, 0.3) is 0 Å². The molecule has 1 saturated heterocycles. The van der Waals surface area contributed by atoms with Crippen molar-refractivity contribution >= 4 is 17.4 Å². The Labute approximate surface area is 117 Å². The number of hydrogen-bond acceptors (Lipinski definition) is 4. The van der Waals surface area contributed by atoms with E-state index in [1.165, 1.54) is 0 Å². The van der Waals surface area contributed by atoms with Crippen molar-refractivity contribution in [2.24, 2.45) is 11.1 Å². The molecule has 2 rings (SSSR count). The molecular formula is C14H18ClNO3. The van der Waals surface area contributed by atoms with Gasteiger partial charge in [0.25, 0.3) is 0 Å². The highest BCUT2D eigenvalue weighted by Gasteiger charge is 2.43. The molecule has 0 aliphatic carbocycles. The molecule has 0 bridgehead atoms. The Hall–Kier alpha value is -1.10. The largest absolute Gasteiger partial charge is 0.496 e. The van der Waals surface area contributed by atoms with Gasteiger partial charge in [-0.3, -0.25) is 4.79 Å². The van der Waals surface area contributed by atoms with Gasteiger partial charge in [0.2, 0.25) is 0 Å². The standard InChI is InChI=1S/C14H18ClNO3/c1-14(8-19-7-12(14)16)13(17)6-9-5-10(15)3-4-11(9)18-2/h3-5,12H,6-8,16H2,1-2H3. The normalized spacial score (nSPS) is 26.4. The number of nitrogens with two attached hydrogens (primary N) is 1. The second-order valence-corrected chi connectivity index (χ2v) is 5.53. The molecule has 1 aliphatic rings. The smallest absolute Gasteiger partial charge is 0.147 e. The molecule has 0 saturated carbocycles. The fraction of sp³-hybridized carbons (Fsp3) is 0.500. The van der Waals surface area contributed by atoms with Crippen LogP contribution in [0.2, 0.25) is 5.02 Å². The topological polar surface area (TPSA) is 61.5 Å². The third-order valence-corrected chi connectivity index (χ3v) is 3.98. The second kappa shape index (κ2) is 5.49. The van der Waals surface area contributed by atoms with Gasteiger partial charge in [0.1, 0.15) is 11.5 Å². The van der Waals surface area contributed by atoms with Crippen LogP contribution in [0.15, 0.2) is 18.2 Å². The lowest BCUT2D eigenvalue weighted by Gasteiger charge is -2.25. The maximum atomic E-state index is 12.5. The molecule has 4 nitrogen and oxygen atoms in total. The molecule has 1 aliphatic heterocycles. The number of ether oxygens (including phenoxy) is 2. The van der Waals surface area contributed by atoms with Crippen LogP contribution in [0, 0.1) is 5.41 Å². The number of ketones is 1. The average Bonchev–Trinajstić information content (AvgIpc) is 2.71. The van der Waals surface area contributed by atoms with Crippen molar-refractivity contribution in [1.29, 1.82) is 0 Å². The van der Waals surface area contributed by atoms with Gasteiger partial charge in [-0.25, -0.2) is 0 Å². The fourth-order valence-electron chi connectivity index (χ4n) is 2.24. The first-order chi connectivity index (χ1) is 8.97. The van der Waals surface area contributed by atoms with Crippen molar-refractivity contribution in [2.45, 2.75) is 19.4 Å². The van der Waals surface area contributed by atoms with E-state index < -0.39 is 5.41 Å². The minimum Gasteiger partial charge on any atom is -0.496 e. The summed E-state index contributed by atoms with van der Waals surface area (Å²) in [5.41, 5.74) is 6.11. The number of hydrogen-bond donors (Lipinski definition) is 1. The Morgan fingerprint density at radius 2 is 2.37 bits per heavy atom. The zero-order chi connectivity index (χ0) is 14.0. The van der Waals surface area contributed by atoms with Crippen LogP contribution < -0.4 is 10.5 Å². The van der Waals surface area contributed by atoms with Crippen molar-refractivity contribution < 1.29 is 14.3 Å². The lowest BCUT2D eigenvalue weighted by atomic mass is 9.79. The summed E-state index contributed by atoms with van der Waals surface area (Å²) in [5, 5.41) is 0.584. The summed E-state index contributed by atoms with van der Waals surface area (Å²) in [6.07, 6.45) is 0.247. The van der Waals surface area contributed by atoms with Crippen LogP contribution in [0.3, 0.4) is 0 Å². The van der Waals surface area contributed by atoms with E-state index in [0.717, 1.165) is 5.56 Å². The highest BCUT2D eigenvalue weighted by Crippen LogP contribution is 2.31. The third kappa shape index (κ3) is 2.76. The predicted molar refractivity (Wildman–Crippen MR) is 73.6 cm³/mol. The Balaban J connectivity index is 2.21. The van der Waals surface area contributed by atoms with Crippen LogP contribution in [0.1, 0.15) is 12.5 Å². The monoisotopic (exact) mass is 283 g/mol. The molecule has 2 N–H and O–H groups in total. The van der Waals surface area contributed by atoms with E-state index >= 15 is 0 Å². The molecule has 1 heterocycles. The predicted octanol–water partition coefficient (Wildman–Crippen LogP) is 1.82. The van der Waals surface area contributed by atoms with E-state index in [-0.39, 0.29) is 18.2 Å². The van der Waals surface area contributed by atoms with Gasteiger partial charge in [-0.1, -0.05) is 11.6 Å². The Kier molecular flexibility index (Phi) is 4.13. The number of carbonyl (C=O) groups is 1. The van der Waals surface area contributed by atoms with Gasteiger partial charge in [0.15, 0.2) is 0 Å². The van der Waals surface area contributed by atoms with Crippen LogP contribution in [-0.4, -0.2) is 32.1 Å². The third-order valence-electron chi connectivity index (χ3n) is 3.75. The summed E-state index contributed by atoms with van der Waals surface area (Å²) in [7, 11) is 1.57. The average molecular weight is 284 g/mol. The van der Waals surface area contributed by atoms with Gasteiger partial charge in [-0.05, 0) is 25.1 Å². The summed E-state index contributed by atoms with van der Waals surface area (Å²) in [6, 6.07) is 4.99. The van der Waals surface area contributed by atoms with Crippen molar-refractivity contribution in [3.8, 4) is 5.75 Å². The van der Waals surface area contributed by atoms with Crippen molar-refractivity contribution in [1.82, 2.24) is 0 Å². The molecule has 2 atom stereocenters. The molecular weight excluding hydrogens is 266 g/mol. The minimum atomic E-state index is -0.632. The lowest BCUT2D eigenvalue weighted by molar-refractivity contribution is -0.127. The summed E-state index contributed by atoms with van der Waals surface area (Å²) < 4.78 is 10.6. The summed E-state index contributed by atoms with van der Waals surface area (Å²) >= 11 is 5.96. The van der Waals surface area contributed by atoms with E-state index in [9.17, 15) is 4.79 Å². The van der Waals surface area contributed by atoms with E-state index in [0.29, 0.717) is 24.0 Å². The minimum absolute atomic E-state index is 0.0538. The fourth-order valence-corrected chi connectivity index (χ4v) is 2.43. The van der Waals surface area contributed by atoms with Crippen molar-refractivity contribution in [3.05, 3.63) is 28.8 Å². The molecule has 0 radical (unpaired) electrons. The summed E-state index contributed by atoms with van der Waals surface area (Å²) in [6.45, 7) is 2.65. The molecule has 2 unspecified atom stereocenters. The van der Waals surface area contributed by atoms with E-state index in [2.05, 4.69) is 0 Å². The maximum Gasteiger partial charge on any atom is 0.147 e. The first-order valence-corrected chi connectivity index (χ1v) is 6.54. The SMILES string of the molecule is COc1ccc(Cl)cc1CC(=O)C1(C)COCC1N. The highest BCUT2D eigenvalue weighted by molar-refractivity contribution is 6.30. The molecule has 1 fully saturated rings. The number of halogens is 1. The van der Waals surface area contributed by atoms with Gasteiger partial charge in [-0.2, -0.15) is 0 Å². The Morgan fingerprint density at radius 1 is 1.63 bits per heavy atom. The van der Waals surface area contributed by atoms with Gasteiger partial charge < -0.3 is 15.2 Å². The molecule has 0 amide bonds. The molecule has 19 heavy (non-hydrogen) atoms.